The summed E-state index contributed by atoms with van der Waals surface area (Å²) in [4.78, 5) is 12.9. The highest BCUT2D eigenvalue weighted by Gasteiger charge is 2.35. The molecule has 1 heterocycles. The number of carbonyl (C=O) groups excluding carboxylic acids is 1. The highest BCUT2D eigenvalue weighted by molar-refractivity contribution is 7.14. The molecule has 38 heavy (non-hydrogen) atoms. The van der Waals surface area contributed by atoms with Gasteiger partial charge in [0.05, 0.1) is 13.5 Å². The van der Waals surface area contributed by atoms with Crippen molar-refractivity contribution in [2.75, 3.05) is 7.11 Å². The van der Waals surface area contributed by atoms with Crippen molar-refractivity contribution in [3.05, 3.63) is 82.0 Å². The number of halogens is 1. The van der Waals surface area contributed by atoms with Crippen molar-refractivity contribution in [1.29, 1.82) is 5.41 Å². The van der Waals surface area contributed by atoms with Gasteiger partial charge in [-0.2, -0.15) is 0 Å². The number of benzene rings is 2. The zero-order valence-corrected chi connectivity index (χ0v) is 23.0. The fraction of sp³-hybridized carbons (Fsp3) is 0.375. The minimum Gasteiger partial charge on any atom is -0.489 e. The Morgan fingerprint density at radius 3 is 2.74 bits per heavy atom. The standard InChI is InChI=1S/C32H34FNO3S/c1-32(2)13-5-8-27(32)30-23(19-38-31(30)26-14-20(17-34)9-12-28(26)33)18-37-24-7-4-6-22(15-24)25(21-10-11-21)16-29(35)36-3/h4,6-9,12,14-15,17,19,21,25,34H,5,10-11,13,16,18H2,1-3H3/t25-/m0/s1. The van der Waals surface area contributed by atoms with Crippen molar-refractivity contribution in [2.24, 2.45) is 11.3 Å². The van der Waals surface area contributed by atoms with E-state index in [1.54, 1.807) is 12.1 Å². The molecule has 0 bridgehead atoms. The minimum atomic E-state index is -0.285. The minimum absolute atomic E-state index is 0.0223. The van der Waals surface area contributed by atoms with E-state index in [2.05, 4.69) is 31.4 Å². The van der Waals surface area contributed by atoms with Gasteiger partial charge in [0.1, 0.15) is 18.2 Å². The molecule has 1 atom stereocenters. The third kappa shape index (κ3) is 5.46. The average Bonchev–Trinajstić information content (AvgIpc) is 3.58. The summed E-state index contributed by atoms with van der Waals surface area (Å²) in [5, 5.41) is 9.72. The molecule has 1 aromatic heterocycles. The molecule has 3 aromatic rings. The van der Waals surface area contributed by atoms with Crippen molar-refractivity contribution >= 4 is 29.1 Å². The molecule has 198 valence electrons. The smallest absolute Gasteiger partial charge is 0.306 e. The third-order valence-electron chi connectivity index (χ3n) is 7.87. The molecule has 2 aliphatic rings. The maximum Gasteiger partial charge on any atom is 0.306 e. The molecule has 1 saturated carbocycles. The Bertz CT molecular complexity index is 1390. The zero-order chi connectivity index (χ0) is 26.9. The first kappa shape index (κ1) is 26.4. The van der Waals surface area contributed by atoms with E-state index in [0.29, 0.717) is 30.1 Å². The van der Waals surface area contributed by atoms with E-state index >= 15 is 4.39 Å². The second-order valence-corrected chi connectivity index (χ2v) is 11.9. The summed E-state index contributed by atoms with van der Waals surface area (Å²) < 4.78 is 26.3. The van der Waals surface area contributed by atoms with Crippen LogP contribution < -0.4 is 4.74 Å². The number of methoxy groups -OCH3 is 1. The van der Waals surface area contributed by atoms with Crippen molar-refractivity contribution in [3.8, 4) is 16.2 Å². The second-order valence-electron chi connectivity index (χ2n) is 11.0. The van der Waals surface area contributed by atoms with Crippen LogP contribution in [0.25, 0.3) is 16.0 Å². The van der Waals surface area contributed by atoms with E-state index in [0.717, 1.165) is 53.0 Å². The van der Waals surface area contributed by atoms with Crippen molar-refractivity contribution in [1.82, 2.24) is 0 Å². The van der Waals surface area contributed by atoms with Crippen LogP contribution in [0.4, 0.5) is 4.39 Å². The molecule has 5 rings (SSSR count). The molecule has 2 aromatic carbocycles. The first-order valence-corrected chi connectivity index (χ1v) is 14.1. The number of hydrogen-bond donors (Lipinski definition) is 1. The van der Waals surface area contributed by atoms with Crippen LogP contribution in [0.2, 0.25) is 0 Å². The first-order valence-electron chi connectivity index (χ1n) is 13.2. The Balaban J connectivity index is 1.46. The molecular weight excluding hydrogens is 497 g/mol. The fourth-order valence-corrected chi connectivity index (χ4v) is 6.63. The van der Waals surface area contributed by atoms with Gasteiger partial charge in [-0.05, 0) is 89.3 Å². The van der Waals surface area contributed by atoms with E-state index in [4.69, 9.17) is 14.9 Å². The number of hydrogen-bond acceptors (Lipinski definition) is 5. The maximum atomic E-state index is 15.1. The Morgan fingerprint density at radius 2 is 2.05 bits per heavy atom. The van der Waals surface area contributed by atoms with Gasteiger partial charge in [-0.25, -0.2) is 4.39 Å². The molecule has 0 radical (unpaired) electrons. The van der Waals surface area contributed by atoms with Crippen LogP contribution >= 0.6 is 11.3 Å². The molecular formula is C32H34FNO3S. The van der Waals surface area contributed by atoms with Gasteiger partial charge in [0, 0.05) is 27.8 Å². The number of allylic oxidation sites excluding steroid dienone is 2. The van der Waals surface area contributed by atoms with Crippen LogP contribution in [0.3, 0.4) is 0 Å². The molecule has 0 unspecified atom stereocenters. The Kier molecular flexibility index (Phi) is 7.53. The van der Waals surface area contributed by atoms with Crippen molar-refractivity contribution < 1.29 is 18.7 Å². The topological polar surface area (TPSA) is 59.4 Å². The van der Waals surface area contributed by atoms with Crippen LogP contribution in [0.5, 0.6) is 5.75 Å². The van der Waals surface area contributed by atoms with Gasteiger partial charge >= 0.3 is 5.97 Å². The average molecular weight is 532 g/mol. The summed E-state index contributed by atoms with van der Waals surface area (Å²) in [5.74, 6) is 0.942. The van der Waals surface area contributed by atoms with Crippen molar-refractivity contribution in [2.45, 2.75) is 58.5 Å². The van der Waals surface area contributed by atoms with E-state index in [1.807, 2.05) is 18.2 Å². The van der Waals surface area contributed by atoms with Gasteiger partial charge < -0.3 is 14.9 Å². The normalized spacial score (nSPS) is 17.1. The van der Waals surface area contributed by atoms with Gasteiger partial charge in [-0.15, -0.1) is 11.3 Å². The van der Waals surface area contributed by atoms with Gasteiger partial charge in [-0.3, -0.25) is 4.79 Å². The molecule has 1 fully saturated rings. The van der Waals surface area contributed by atoms with E-state index < -0.39 is 0 Å². The quantitative estimate of drug-likeness (QED) is 0.211. The fourth-order valence-electron chi connectivity index (χ4n) is 5.54. The zero-order valence-electron chi connectivity index (χ0n) is 22.2. The summed E-state index contributed by atoms with van der Waals surface area (Å²) in [7, 11) is 1.44. The summed E-state index contributed by atoms with van der Waals surface area (Å²) in [6.45, 7) is 4.84. The van der Waals surface area contributed by atoms with E-state index in [-0.39, 0.29) is 23.1 Å². The van der Waals surface area contributed by atoms with Crippen LogP contribution in [0.15, 0.2) is 53.9 Å². The Labute approximate surface area is 228 Å². The predicted octanol–water partition coefficient (Wildman–Crippen LogP) is 8.39. The summed E-state index contributed by atoms with van der Waals surface area (Å²) in [6.07, 6.45) is 8.22. The molecule has 0 saturated heterocycles. The first-order chi connectivity index (χ1) is 18.3. The second kappa shape index (κ2) is 10.9. The molecule has 0 aliphatic heterocycles. The number of thiophene rings is 1. The summed E-state index contributed by atoms with van der Waals surface area (Å²) in [6, 6.07) is 12.9. The third-order valence-corrected chi connectivity index (χ3v) is 8.93. The molecule has 0 spiro atoms. The molecule has 4 nitrogen and oxygen atoms in total. The molecule has 1 N–H and O–H groups in total. The number of carbonyl (C=O) groups is 1. The molecule has 0 amide bonds. The predicted molar refractivity (Wildman–Crippen MR) is 151 cm³/mol. The van der Waals surface area contributed by atoms with E-state index in [1.165, 1.54) is 36.3 Å². The van der Waals surface area contributed by atoms with Gasteiger partial charge in [0.25, 0.3) is 0 Å². The highest BCUT2D eigenvalue weighted by atomic mass is 32.1. The molecule has 6 heteroatoms. The lowest BCUT2D eigenvalue weighted by molar-refractivity contribution is -0.141. The van der Waals surface area contributed by atoms with Gasteiger partial charge in [0.15, 0.2) is 0 Å². The van der Waals surface area contributed by atoms with Crippen LogP contribution in [-0.4, -0.2) is 19.3 Å². The summed E-state index contributed by atoms with van der Waals surface area (Å²) in [5.41, 5.74) is 5.59. The lowest BCUT2D eigenvalue weighted by Gasteiger charge is -2.24. The number of ether oxygens (including phenoxy) is 2. The van der Waals surface area contributed by atoms with Crippen molar-refractivity contribution in [3.63, 3.8) is 0 Å². The van der Waals surface area contributed by atoms with Gasteiger partial charge in [0.2, 0.25) is 0 Å². The SMILES string of the molecule is COC(=O)C[C@H](c1cccc(OCc2csc(-c3cc(C=N)ccc3F)c2C2=CCCC2(C)C)c1)C1CC1. The maximum absolute atomic E-state index is 15.1. The number of nitrogens with one attached hydrogen (secondary N) is 1. The van der Waals surface area contributed by atoms with Crippen LogP contribution in [0.1, 0.15) is 74.1 Å². The summed E-state index contributed by atoms with van der Waals surface area (Å²) >= 11 is 1.53. The van der Waals surface area contributed by atoms with Gasteiger partial charge in [-0.1, -0.05) is 38.1 Å². The largest absolute Gasteiger partial charge is 0.489 e. The Hall–Kier alpha value is -3.25. The number of esters is 1. The monoisotopic (exact) mass is 531 g/mol. The lowest BCUT2D eigenvalue weighted by Crippen LogP contribution is -2.11. The highest BCUT2D eigenvalue weighted by Crippen LogP contribution is 2.50. The number of rotatable bonds is 10. The van der Waals surface area contributed by atoms with E-state index in [9.17, 15) is 4.79 Å². The Morgan fingerprint density at radius 1 is 1.24 bits per heavy atom. The lowest BCUT2D eigenvalue weighted by atomic mass is 9.80. The van der Waals surface area contributed by atoms with Crippen LogP contribution in [-0.2, 0) is 16.1 Å². The van der Waals surface area contributed by atoms with Crippen LogP contribution in [0, 0.1) is 22.6 Å². The molecule has 2 aliphatic carbocycles.